The fourth-order valence-electron chi connectivity index (χ4n) is 4.80. The summed E-state index contributed by atoms with van der Waals surface area (Å²) in [5.74, 6) is -0.419. The third kappa shape index (κ3) is 5.27. The number of halogens is 1. The van der Waals surface area contributed by atoms with Gasteiger partial charge >= 0.3 is 0 Å². The molecule has 3 heterocycles. The molecule has 0 spiro atoms. The number of amides is 2. The lowest BCUT2D eigenvalue weighted by Gasteiger charge is -2.31. The van der Waals surface area contributed by atoms with Gasteiger partial charge in [0, 0.05) is 25.6 Å². The molecule has 1 saturated heterocycles. The van der Waals surface area contributed by atoms with Crippen LogP contribution in [0.2, 0.25) is 0 Å². The molecule has 8 heteroatoms. The zero-order valence-corrected chi connectivity index (χ0v) is 19.5. The van der Waals surface area contributed by atoms with Gasteiger partial charge in [0.1, 0.15) is 11.9 Å². The van der Waals surface area contributed by atoms with E-state index in [0.717, 1.165) is 17.7 Å². The fraction of sp³-hybridized carbons (Fsp3) is 0.370. The molecular formula is C27H29FN4O3. The van der Waals surface area contributed by atoms with Crippen LogP contribution in [-0.2, 0) is 29.1 Å². The number of hydrogen-bond donors (Lipinski definition) is 1. The molecule has 2 aliphatic rings. The fourth-order valence-corrected chi connectivity index (χ4v) is 4.80. The van der Waals surface area contributed by atoms with Crippen LogP contribution in [0.3, 0.4) is 0 Å². The lowest BCUT2D eigenvalue weighted by atomic mass is 9.95. The van der Waals surface area contributed by atoms with E-state index in [1.807, 2.05) is 22.8 Å². The van der Waals surface area contributed by atoms with Crippen LogP contribution in [0, 0.1) is 11.7 Å². The SMILES string of the molecule is O=C(NCCc1ccccc1)C1CCN(C(=O)c2ncn3c2COC(c2ccc(F)cc2)C3)CC1. The van der Waals surface area contributed by atoms with Crippen molar-refractivity contribution in [1.82, 2.24) is 19.8 Å². The number of nitrogens with one attached hydrogen (secondary N) is 1. The first-order valence-corrected chi connectivity index (χ1v) is 12.1. The second-order valence-electron chi connectivity index (χ2n) is 9.14. The number of fused-ring (bicyclic) bond motifs is 1. The molecule has 0 bridgehead atoms. The molecule has 7 nitrogen and oxygen atoms in total. The second-order valence-corrected chi connectivity index (χ2v) is 9.14. The van der Waals surface area contributed by atoms with Gasteiger partial charge < -0.3 is 19.5 Å². The Kier molecular flexibility index (Phi) is 6.90. The van der Waals surface area contributed by atoms with Gasteiger partial charge in [-0.3, -0.25) is 9.59 Å². The Labute approximate surface area is 203 Å². The van der Waals surface area contributed by atoms with Crippen LogP contribution in [0.1, 0.15) is 46.3 Å². The number of nitrogens with zero attached hydrogens (tertiary/aromatic N) is 3. The maximum absolute atomic E-state index is 13.2. The number of imidazole rings is 1. The number of likely N-dealkylation sites (tertiary alicyclic amines) is 1. The molecule has 0 aliphatic carbocycles. The van der Waals surface area contributed by atoms with Crippen molar-refractivity contribution in [3.05, 3.63) is 89.3 Å². The Bertz CT molecular complexity index is 1170. The molecule has 182 valence electrons. The van der Waals surface area contributed by atoms with E-state index >= 15 is 0 Å². The van der Waals surface area contributed by atoms with Gasteiger partial charge in [0.05, 0.1) is 25.2 Å². The summed E-state index contributed by atoms with van der Waals surface area (Å²) in [5, 5.41) is 3.04. The van der Waals surface area contributed by atoms with E-state index in [1.165, 1.54) is 17.7 Å². The minimum absolute atomic E-state index is 0.0626. The minimum atomic E-state index is -0.283. The van der Waals surface area contributed by atoms with Crippen molar-refractivity contribution >= 4 is 11.8 Å². The molecule has 1 N–H and O–H groups in total. The topological polar surface area (TPSA) is 76.5 Å². The Morgan fingerprint density at radius 3 is 2.54 bits per heavy atom. The zero-order chi connectivity index (χ0) is 24.2. The predicted molar refractivity (Wildman–Crippen MR) is 128 cm³/mol. The van der Waals surface area contributed by atoms with Gasteiger partial charge in [0.15, 0.2) is 5.69 Å². The van der Waals surface area contributed by atoms with Crippen molar-refractivity contribution in [2.24, 2.45) is 5.92 Å². The van der Waals surface area contributed by atoms with Gasteiger partial charge in [-0.25, -0.2) is 9.37 Å². The predicted octanol–water partition coefficient (Wildman–Crippen LogP) is 3.50. The van der Waals surface area contributed by atoms with Gasteiger partial charge in [0.2, 0.25) is 5.91 Å². The highest BCUT2D eigenvalue weighted by Gasteiger charge is 2.32. The molecule has 2 amide bonds. The van der Waals surface area contributed by atoms with E-state index in [1.54, 1.807) is 23.4 Å². The van der Waals surface area contributed by atoms with Gasteiger partial charge in [-0.2, -0.15) is 0 Å². The number of benzene rings is 2. The van der Waals surface area contributed by atoms with Gasteiger partial charge in [-0.05, 0) is 42.5 Å². The first-order chi connectivity index (χ1) is 17.1. The number of rotatable bonds is 6. The molecule has 0 radical (unpaired) electrons. The lowest BCUT2D eigenvalue weighted by Crippen LogP contribution is -2.43. The van der Waals surface area contributed by atoms with E-state index in [4.69, 9.17) is 4.74 Å². The highest BCUT2D eigenvalue weighted by molar-refractivity contribution is 5.93. The van der Waals surface area contributed by atoms with E-state index in [-0.39, 0.29) is 36.3 Å². The van der Waals surface area contributed by atoms with E-state index in [2.05, 4.69) is 22.4 Å². The van der Waals surface area contributed by atoms with Crippen LogP contribution in [0.4, 0.5) is 4.39 Å². The Morgan fingerprint density at radius 2 is 1.80 bits per heavy atom. The van der Waals surface area contributed by atoms with Crippen molar-refractivity contribution < 1.29 is 18.7 Å². The van der Waals surface area contributed by atoms with Crippen LogP contribution in [-0.4, -0.2) is 45.9 Å². The van der Waals surface area contributed by atoms with Crippen molar-refractivity contribution in [3.8, 4) is 0 Å². The molecule has 1 atom stereocenters. The Balaban J connectivity index is 1.13. The normalized spacial score (nSPS) is 18.2. The first-order valence-electron chi connectivity index (χ1n) is 12.1. The summed E-state index contributed by atoms with van der Waals surface area (Å²) in [7, 11) is 0. The van der Waals surface area contributed by atoms with Crippen LogP contribution >= 0.6 is 0 Å². The highest BCUT2D eigenvalue weighted by Crippen LogP contribution is 2.29. The van der Waals surface area contributed by atoms with Crippen LogP contribution < -0.4 is 5.32 Å². The third-order valence-corrected chi connectivity index (χ3v) is 6.88. The van der Waals surface area contributed by atoms with Crippen molar-refractivity contribution in [1.29, 1.82) is 0 Å². The summed E-state index contributed by atoms with van der Waals surface area (Å²) in [5.41, 5.74) is 3.26. The molecule has 3 aromatic rings. The molecule has 2 aliphatic heterocycles. The number of hydrogen-bond acceptors (Lipinski definition) is 4. The Hall–Kier alpha value is -3.52. The molecular weight excluding hydrogens is 447 g/mol. The summed E-state index contributed by atoms with van der Waals surface area (Å²) in [6, 6.07) is 16.4. The maximum atomic E-state index is 13.2. The van der Waals surface area contributed by atoms with Gasteiger partial charge in [-0.15, -0.1) is 0 Å². The molecule has 2 aromatic carbocycles. The number of carbonyl (C=O) groups excluding carboxylic acids is 2. The number of ether oxygens (including phenoxy) is 1. The molecule has 1 aromatic heterocycles. The zero-order valence-electron chi connectivity index (χ0n) is 19.5. The summed E-state index contributed by atoms with van der Waals surface area (Å²) in [6.45, 7) is 2.46. The van der Waals surface area contributed by atoms with Gasteiger partial charge in [-0.1, -0.05) is 42.5 Å². The van der Waals surface area contributed by atoms with Crippen molar-refractivity contribution in [3.63, 3.8) is 0 Å². The summed E-state index contributed by atoms with van der Waals surface area (Å²) >= 11 is 0. The largest absolute Gasteiger partial charge is 0.365 e. The molecule has 1 unspecified atom stereocenters. The highest BCUT2D eigenvalue weighted by atomic mass is 19.1. The van der Waals surface area contributed by atoms with E-state index in [9.17, 15) is 14.0 Å². The molecule has 5 rings (SSSR count). The quantitative estimate of drug-likeness (QED) is 0.591. The summed E-state index contributed by atoms with van der Waals surface area (Å²) in [6.07, 6.45) is 3.55. The monoisotopic (exact) mass is 476 g/mol. The summed E-state index contributed by atoms with van der Waals surface area (Å²) < 4.78 is 21.1. The molecule has 0 saturated carbocycles. The average Bonchev–Trinajstić information content (AvgIpc) is 3.33. The van der Waals surface area contributed by atoms with Crippen LogP contribution in [0.25, 0.3) is 0 Å². The van der Waals surface area contributed by atoms with Gasteiger partial charge in [0.25, 0.3) is 5.91 Å². The van der Waals surface area contributed by atoms with E-state index < -0.39 is 0 Å². The average molecular weight is 477 g/mol. The van der Waals surface area contributed by atoms with E-state index in [0.29, 0.717) is 44.7 Å². The number of aromatic nitrogens is 2. The lowest BCUT2D eigenvalue weighted by molar-refractivity contribution is -0.126. The second kappa shape index (κ2) is 10.4. The van der Waals surface area contributed by atoms with Crippen LogP contribution in [0.5, 0.6) is 0 Å². The standard InChI is InChI=1S/C27H29FN4O3/c28-22-8-6-20(7-9-22)24-16-32-18-30-25(23(32)17-35-24)27(34)31-14-11-21(12-15-31)26(33)29-13-10-19-4-2-1-3-5-19/h1-9,18,21,24H,10-17H2,(H,29,33). The molecule has 1 fully saturated rings. The maximum Gasteiger partial charge on any atom is 0.274 e. The minimum Gasteiger partial charge on any atom is -0.365 e. The van der Waals surface area contributed by atoms with Crippen molar-refractivity contribution in [2.45, 2.75) is 38.5 Å². The number of piperidine rings is 1. The van der Waals surface area contributed by atoms with Crippen molar-refractivity contribution in [2.75, 3.05) is 19.6 Å². The smallest absolute Gasteiger partial charge is 0.274 e. The third-order valence-electron chi connectivity index (χ3n) is 6.88. The number of carbonyl (C=O) groups is 2. The molecule has 35 heavy (non-hydrogen) atoms. The first kappa shape index (κ1) is 23.2. The Morgan fingerprint density at radius 1 is 1.06 bits per heavy atom. The summed E-state index contributed by atoms with van der Waals surface area (Å²) in [4.78, 5) is 31.9. The van der Waals surface area contributed by atoms with Crippen LogP contribution in [0.15, 0.2) is 60.9 Å².